The maximum absolute atomic E-state index is 13.1. The molecule has 16 heavy (non-hydrogen) atoms. The van der Waals surface area contributed by atoms with Crippen molar-refractivity contribution in [2.45, 2.75) is 24.3 Å². The van der Waals surface area contributed by atoms with Gasteiger partial charge in [-0.15, -0.1) is 0 Å². The van der Waals surface area contributed by atoms with Gasteiger partial charge in [-0.25, -0.2) is 9.18 Å². The summed E-state index contributed by atoms with van der Waals surface area (Å²) in [5.41, 5.74) is 0.806. The first-order chi connectivity index (χ1) is 7.70. The summed E-state index contributed by atoms with van der Waals surface area (Å²) in [4.78, 5) is 11.2. The van der Waals surface area contributed by atoms with Gasteiger partial charge in [0.25, 0.3) is 0 Å². The first-order valence-corrected chi connectivity index (χ1v) is 5.51. The fourth-order valence-corrected chi connectivity index (χ4v) is 2.76. The van der Waals surface area contributed by atoms with Gasteiger partial charge in [-0.2, -0.15) is 0 Å². The van der Waals surface area contributed by atoms with E-state index in [0.717, 1.165) is 18.4 Å². The van der Waals surface area contributed by atoms with E-state index in [0.29, 0.717) is 6.54 Å². The Hall–Kier alpha value is -1.58. The van der Waals surface area contributed by atoms with Crippen LogP contribution in [0, 0.1) is 5.82 Å². The second kappa shape index (κ2) is 3.20. The molecule has 2 atom stereocenters. The maximum atomic E-state index is 13.1. The lowest BCUT2D eigenvalue weighted by atomic mass is 9.64. The zero-order valence-corrected chi connectivity index (χ0v) is 8.79. The highest BCUT2D eigenvalue weighted by Crippen LogP contribution is 2.46. The Morgan fingerprint density at radius 2 is 2.31 bits per heavy atom. The smallest absolute Gasteiger partial charge is 0.315 e. The first kappa shape index (κ1) is 9.63. The third-order valence-corrected chi connectivity index (χ3v) is 3.72. The molecule has 2 unspecified atom stereocenters. The number of benzene rings is 1. The van der Waals surface area contributed by atoms with Crippen molar-refractivity contribution in [1.82, 2.24) is 10.6 Å². The molecule has 1 saturated carbocycles. The van der Waals surface area contributed by atoms with Crippen LogP contribution in [0.5, 0.6) is 0 Å². The number of nitrogens with one attached hydrogen (secondary N) is 2. The zero-order valence-electron chi connectivity index (χ0n) is 8.79. The van der Waals surface area contributed by atoms with E-state index in [1.807, 2.05) is 6.07 Å². The Morgan fingerprint density at radius 1 is 1.44 bits per heavy atom. The van der Waals surface area contributed by atoms with E-state index in [1.54, 1.807) is 12.1 Å². The van der Waals surface area contributed by atoms with Crippen molar-refractivity contribution >= 4 is 6.03 Å². The quantitative estimate of drug-likeness (QED) is 0.743. The van der Waals surface area contributed by atoms with Crippen LogP contribution in [0.3, 0.4) is 0 Å². The molecule has 1 aromatic carbocycles. The summed E-state index contributed by atoms with van der Waals surface area (Å²) in [5, 5.41) is 5.75. The lowest BCUT2D eigenvalue weighted by Crippen LogP contribution is -2.55. The number of hydrogen-bond acceptors (Lipinski definition) is 1. The Bertz CT molecular complexity index is 448. The highest BCUT2D eigenvalue weighted by Gasteiger charge is 2.51. The molecule has 4 heteroatoms. The predicted molar refractivity (Wildman–Crippen MR) is 57.6 cm³/mol. The SMILES string of the molecule is O=C1NCC2(CCC2c2cccc(F)c2)N1. The zero-order chi connectivity index (χ0) is 11.2. The summed E-state index contributed by atoms with van der Waals surface area (Å²) in [6.07, 6.45) is 1.97. The van der Waals surface area contributed by atoms with E-state index in [4.69, 9.17) is 0 Å². The van der Waals surface area contributed by atoms with Crippen LogP contribution in [0.2, 0.25) is 0 Å². The summed E-state index contributed by atoms with van der Waals surface area (Å²) in [7, 11) is 0. The minimum Gasteiger partial charge on any atom is -0.336 e. The second-order valence-electron chi connectivity index (χ2n) is 4.61. The fraction of sp³-hybridized carbons (Fsp3) is 0.417. The van der Waals surface area contributed by atoms with E-state index in [1.165, 1.54) is 6.07 Å². The molecule has 1 heterocycles. The normalized spacial score (nSPS) is 32.1. The van der Waals surface area contributed by atoms with Crippen LogP contribution < -0.4 is 10.6 Å². The van der Waals surface area contributed by atoms with E-state index >= 15 is 0 Å². The number of halogens is 1. The standard InChI is InChI=1S/C12H13FN2O/c13-9-3-1-2-8(6-9)10-4-5-12(10)7-14-11(16)15-12/h1-3,6,10H,4-5,7H2,(H2,14,15,16). The molecule has 3 nitrogen and oxygen atoms in total. The van der Waals surface area contributed by atoms with Gasteiger partial charge < -0.3 is 10.6 Å². The molecule has 2 aliphatic rings. The van der Waals surface area contributed by atoms with E-state index < -0.39 is 0 Å². The molecule has 2 N–H and O–H groups in total. The molecule has 1 spiro atoms. The maximum Gasteiger partial charge on any atom is 0.315 e. The number of rotatable bonds is 1. The number of carbonyl (C=O) groups is 1. The van der Waals surface area contributed by atoms with Gasteiger partial charge in [0.2, 0.25) is 0 Å². The summed E-state index contributed by atoms with van der Waals surface area (Å²) < 4.78 is 13.1. The van der Waals surface area contributed by atoms with Crippen molar-refractivity contribution in [3.05, 3.63) is 35.6 Å². The molecule has 84 valence electrons. The van der Waals surface area contributed by atoms with Crippen molar-refractivity contribution in [1.29, 1.82) is 0 Å². The Morgan fingerprint density at radius 3 is 2.88 bits per heavy atom. The molecule has 1 aliphatic carbocycles. The van der Waals surface area contributed by atoms with Crippen LogP contribution in [0.15, 0.2) is 24.3 Å². The molecule has 3 rings (SSSR count). The highest BCUT2D eigenvalue weighted by molar-refractivity contribution is 5.78. The molecule has 0 aromatic heterocycles. The Labute approximate surface area is 93.0 Å². The first-order valence-electron chi connectivity index (χ1n) is 5.51. The van der Waals surface area contributed by atoms with E-state index in [-0.39, 0.29) is 23.3 Å². The third-order valence-electron chi connectivity index (χ3n) is 3.72. The lowest BCUT2D eigenvalue weighted by Gasteiger charge is -2.46. The molecule has 1 saturated heterocycles. The predicted octanol–water partition coefficient (Wildman–Crippen LogP) is 1.75. The van der Waals surface area contributed by atoms with Crippen LogP contribution in [-0.2, 0) is 0 Å². The van der Waals surface area contributed by atoms with Gasteiger partial charge in [0, 0.05) is 12.5 Å². The third kappa shape index (κ3) is 1.29. The summed E-state index contributed by atoms with van der Waals surface area (Å²) in [6, 6.07) is 6.55. The molecule has 1 aliphatic heterocycles. The average molecular weight is 220 g/mol. The van der Waals surface area contributed by atoms with Crippen molar-refractivity contribution in [2.75, 3.05) is 6.54 Å². The number of hydrogen-bond donors (Lipinski definition) is 2. The highest BCUT2D eigenvalue weighted by atomic mass is 19.1. The van der Waals surface area contributed by atoms with Crippen LogP contribution in [0.25, 0.3) is 0 Å². The molecule has 2 amide bonds. The second-order valence-corrected chi connectivity index (χ2v) is 4.61. The average Bonchev–Trinajstić information content (AvgIpc) is 2.61. The molecular formula is C12H13FN2O. The Balaban J connectivity index is 1.89. The molecule has 0 bridgehead atoms. The van der Waals surface area contributed by atoms with Crippen molar-refractivity contribution in [3.8, 4) is 0 Å². The van der Waals surface area contributed by atoms with Gasteiger partial charge in [0.15, 0.2) is 0 Å². The topological polar surface area (TPSA) is 41.1 Å². The molecule has 0 radical (unpaired) electrons. The monoisotopic (exact) mass is 220 g/mol. The summed E-state index contributed by atoms with van der Waals surface area (Å²) in [6.45, 7) is 0.646. The van der Waals surface area contributed by atoms with Crippen LogP contribution in [-0.4, -0.2) is 18.1 Å². The van der Waals surface area contributed by atoms with Crippen LogP contribution in [0.4, 0.5) is 9.18 Å². The Kier molecular flexibility index (Phi) is 1.93. The number of amides is 2. The van der Waals surface area contributed by atoms with Gasteiger partial charge in [-0.05, 0) is 30.5 Å². The van der Waals surface area contributed by atoms with Gasteiger partial charge in [0.05, 0.1) is 5.54 Å². The van der Waals surface area contributed by atoms with E-state index in [2.05, 4.69) is 10.6 Å². The number of carbonyl (C=O) groups excluding carboxylic acids is 1. The van der Waals surface area contributed by atoms with E-state index in [9.17, 15) is 9.18 Å². The fourth-order valence-electron chi connectivity index (χ4n) is 2.76. The van der Waals surface area contributed by atoms with Gasteiger partial charge in [-0.3, -0.25) is 0 Å². The van der Waals surface area contributed by atoms with Crippen LogP contribution in [0.1, 0.15) is 24.3 Å². The minimum atomic E-state index is -0.211. The van der Waals surface area contributed by atoms with Gasteiger partial charge in [0.1, 0.15) is 5.82 Å². The van der Waals surface area contributed by atoms with Crippen LogP contribution >= 0.6 is 0 Å². The van der Waals surface area contributed by atoms with Crippen molar-refractivity contribution in [3.63, 3.8) is 0 Å². The minimum absolute atomic E-state index is 0.110. The van der Waals surface area contributed by atoms with Crippen molar-refractivity contribution in [2.24, 2.45) is 0 Å². The van der Waals surface area contributed by atoms with Crippen molar-refractivity contribution < 1.29 is 9.18 Å². The summed E-state index contributed by atoms with van der Waals surface area (Å²) in [5.74, 6) is 0.0268. The summed E-state index contributed by atoms with van der Waals surface area (Å²) >= 11 is 0. The van der Waals surface area contributed by atoms with Gasteiger partial charge in [-0.1, -0.05) is 12.1 Å². The molecule has 2 fully saturated rings. The molecule has 1 aromatic rings. The largest absolute Gasteiger partial charge is 0.336 e. The molecular weight excluding hydrogens is 207 g/mol. The van der Waals surface area contributed by atoms with Gasteiger partial charge >= 0.3 is 6.03 Å². The number of urea groups is 1. The lowest BCUT2D eigenvalue weighted by molar-refractivity contribution is 0.181.